The Morgan fingerprint density at radius 3 is 2.26 bits per heavy atom. The largest absolute Gasteiger partial charge is 0.492 e. The van der Waals surface area contributed by atoms with Crippen molar-refractivity contribution in [3.8, 4) is 5.75 Å². The predicted octanol–water partition coefficient (Wildman–Crippen LogP) is 4.55. The number of anilines is 3. The fourth-order valence-corrected chi connectivity index (χ4v) is 4.48. The van der Waals surface area contributed by atoms with E-state index in [1.807, 2.05) is 24.3 Å². The van der Waals surface area contributed by atoms with Gasteiger partial charge in [-0.05, 0) is 64.8 Å². The summed E-state index contributed by atoms with van der Waals surface area (Å²) in [6, 6.07) is 8.88. The second-order valence-electron chi connectivity index (χ2n) is 9.41. The summed E-state index contributed by atoms with van der Waals surface area (Å²) in [5, 5.41) is 11.3. The molecule has 2 heterocycles. The van der Waals surface area contributed by atoms with Crippen LogP contribution in [-0.2, 0) is 6.54 Å². The molecule has 0 saturated carbocycles. The summed E-state index contributed by atoms with van der Waals surface area (Å²) in [6.45, 7) is 12.5. The van der Waals surface area contributed by atoms with Crippen LogP contribution in [-0.4, -0.2) is 59.4 Å². The second-order valence-corrected chi connectivity index (χ2v) is 9.41. The third-order valence-corrected chi connectivity index (χ3v) is 6.32. The molecule has 0 aliphatic carbocycles. The lowest BCUT2D eigenvalue weighted by Gasteiger charge is -2.30. The fraction of sp³-hybridized carbons (Fsp3) is 0.577. The van der Waals surface area contributed by atoms with Gasteiger partial charge >= 0.3 is 0 Å². The summed E-state index contributed by atoms with van der Waals surface area (Å²) >= 11 is 0. The van der Waals surface area contributed by atoms with Crippen molar-refractivity contribution >= 4 is 23.7 Å². The van der Waals surface area contributed by atoms with Gasteiger partial charge in [-0.2, -0.15) is 4.98 Å². The van der Waals surface area contributed by atoms with Gasteiger partial charge in [0.25, 0.3) is 0 Å². The van der Waals surface area contributed by atoms with Gasteiger partial charge in [0, 0.05) is 55.7 Å². The maximum Gasteiger partial charge on any atom is 0.227 e. The zero-order valence-electron chi connectivity index (χ0n) is 21.2. The van der Waals surface area contributed by atoms with Crippen LogP contribution in [0.3, 0.4) is 0 Å². The van der Waals surface area contributed by atoms with Crippen LogP contribution in [0.5, 0.6) is 5.75 Å². The average molecular weight is 468 g/mol. The highest BCUT2D eigenvalue weighted by Crippen LogP contribution is 2.26. The molecule has 186 valence electrons. The zero-order chi connectivity index (χ0) is 24.5. The summed E-state index contributed by atoms with van der Waals surface area (Å²) in [5.41, 5.74) is 8.23. The molecule has 1 aliphatic rings. The minimum Gasteiger partial charge on any atom is -0.492 e. The topological polar surface area (TPSA) is 103 Å². The van der Waals surface area contributed by atoms with E-state index in [0.29, 0.717) is 36.2 Å². The van der Waals surface area contributed by atoms with E-state index in [0.717, 1.165) is 49.5 Å². The molecule has 4 N–H and O–H groups in total. The lowest BCUT2D eigenvalue weighted by Crippen LogP contribution is -2.39. The lowest BCUT2D eigenvalue weighted by molar-refractivity contribution is 0.142. The van der Waals surface area contributed by atoms with Gasteiger partial charge in [0.2, 0.25) is 5.95 Å². The van der Waals surface area contributed by atoms with Crippen LogP contribution in [0.4, 0.5) is 17.5 Å². The Kier molecular flexibility index (Phi) is 9.65. The molecule has 3 rings (SSSR count). The highest BCUT2D eigenvalue weighted by atomic mass is 16.5. The maximum absolute atomic E-state index is 7.86. The minimum absolute atomic E-state index is 0.261. The van der Waals surface area contributed by atoms with Gasteiger partial charge in [0.15, 0.2) is 0 Å². The Labute approximate surface area is 204 Å². The van der Waals surface area contributed by atoms with Gasteiger partial charge in [-0.15, -0.1) is 0 Å². The van der Waals surface area contributed by atoms with E-state index in [1.165, 1.54) is 19.1 Å². The van der Waals surface area contributed by atoms with Crippen LogP contribution in [0.1, 0.15) is 64.6 Å². The molecule has 0 bridgehead atoms. The zero-order valence-corrected chi connectivity index (χ0v) is 21.2. The molecule has 1 fully saturated rings. The fourth-order valence-electron chi connectivity index (χ4n) is 4.48. The Morgan fingerprint density at radius 1 is 1.06 bits per heavy atom. The van der Waals surface area contributed by atoms with Crippen molar-refractivity contribution in [3.63, 3.8) is 0 Å². The van der Waals surface area contributed by atoms with Crippen LogP contribution >= 0.6 is 0 Å². The molecular weight excluding hydrogens is 426 g/mol. The lowest BCUT2D eigenvalue weighted by atomic mass is 10.2. The first-order valence-corrected chi connectivity index (χ1v) is 12.5. The van der Waals surface area contributed by atoms with Crippen molar-refractivity contribution in [2.75, 3.05) is 36.5 Å². The number of aromatic nitrogens is 2. The summed E-state index contributed by atoms with van der Waals surface area (Å²) in [7, 11) is 0. The van der Waals surface area contributed by atoms with Gasteiger partial charge in [-0.25, -0.2) is 4.98 Å². The van der Waals surface area contributed by atoms with Crippen LogP contribution in [0.2, 0.25) is 0 Å². The number of benzene rings is 1. The van der Waals surface area contributed by atoms with Gasteiger partial charge < -0.3 is 26.1 Å². The number of hydrogen-bond donors (Lipinski definition) is 3. The Bertz CT molecular complexity index is 898. The van der Waals surface area contributed by atoms with E-state index in [2.05, 4.69) is 47.8 Å². The quantitative estimate of drug-likeness (QED) is 0.416. The van der Waals surface area contributed by atoms with Crippen molar-refractivity contribution in [1.82, 2.24) is 14.9 Å². The summed E-state index contributed by atoms with van der Waals surface area (Å²) in [4.78, 5) is 14.1. The van der Waals surface area contributed by atoms with Crippen molar-refractivity contribution in [2.24, 2.45) is 5.73 Å². The van der Waals surface area contributed by atoms with Crippen molar-refractivity contribution in [2.45, 2.75) is 72.0 Å². The van der Waals surface area contributed by atoms with Gasteiger partial charge in [-0.3, -0.25) is 4.90 Å². The van der Waals surface area contributed by atoms with E-state index in [-0.39, 0.29) is 6.54 Å². The van der Waals surface area contributed by atoms with Crippen LogP contribution < -0.4 is 20.7 Å². The van der Waals surface area contributed by atoms with E-state index < -0.39 is 0 Å². The normalized spacial score (nSPS) is 14.5. The van der Waals surface area contributed by atoms with Gasteiger partial charge in [-0.1, -0.05) is 12.8 Å². The van der Waals surface area contributed by atoms with Crippen molar-refractivity contribution in [3.05, 3.63) is 35.5 Å². The first kappa shape index (κ1) is 25.9. The minimum atomic E-state index is 0.261. The van der Waals surface area contributed by atoms with Crippen molar-refractivity contribution in [1.29, 1.82) is 5.41 Å². The summed E-state index contributed by atoms with van der Waals surface area (Å²) in [6.07, 6.45) is 6.02. The molecule has 1 aliphatic heterocycles. The summed E-state index contributed by atoms with van der Waals surface area (Å²) in [5.74, 6) is 2.17. The first-order chi connectivity index (χ1) is 16.4. The number of rotatable bonds is 11. The molecule has 0 atom stereocenters. The number of nitrogens with two attached hydrogens (primary N) is 1. The number of hydrogen-bond acceptors (Lipinski definition) is 8. The molecule has 0 amide bonds. The monoisotopic (exact) mass is 467 g/mol. The smallest absolute Gasteiger partial charge is 0.227 e. The molecule has 1 aromatic carbocycles. The van der Waals surface area contributed by atoms with Crippen LogP contribution in [0, 0.1) is 5.41 Å². The molecule has 8 nitrogen and oxygen atoms in total. The standard InChI is InChI=1S/C26H41N7O/c1-19(2)33(20(3)4)15-16-34-22-11-9-21(10-12-22)29-25-23(17-27)24(18-28)30-26(31-25)32-13-7-5-6-8-14-32/h9-12,18-20,28H,5-8,13-17,27H2,1-4H3,(H,29,30,31). The maximum atomic E-state index is 7.86. The highest BCUT2D eigenvalue weighted by molar-refractivity contribution is 5.80. The predicted molar refractivity (Wildman–Crippen MR) is 141 cm³/mol. The number of nitrogens with zero attached hydrogens (tertiary/aromatic N) is 4. The highest BCUT2D eigenvalue weighted by Gasteiger charge is 2.18. The Morgan fingerprint density at radius 2 is 1.71 bits per heavy atom. The molecule has 0 unspecified atom stereocenters. The number of nitrogens with one attached hydrogen (secondary N) is 2. The molecule has 34 heavy (non-hydrogen) atoms. The third-order valence-electron chi connectivity index (χ3n) is 6.32. The Hall–Kier alpha value is -2.71. The molecule has 0 spiro atoms. The third kappa shape index (κ3) is 6.90. The van der Waals surface area contributed by atoms with Gasteiger partial charge in [0.05, 0.1) is 5.69 Å². The van der Waals surface area contributed by atoms with Crippen molar-refractivity contribution < 1.29 is 4.74 Å². The first-order valence-electron chi connectivity index (χ1n) is 12.5. The Balaban J connectivity index is 1.71. The van der Waals surface area contributed by atoms with E-state index in [4.69, 9.17) is 20.9 Å². The van der Waals surface area contributed by atoms with Gasteiger partial charge in [0.1, 0.15) is 18.2 Å². The number of ether oxygens (including phenoxy) is 1. The average Bonchev–Trinajstić information content (AvgIpc) is 3.11. The molecule has 2 aromatic rings. The molecule has 0 radical (unpaired) electrons. The second kappa shape index (κ2) is 12.7. The van der Waals surface area contributed by atoms with Crippen LogP contribution in [0.25, 0.3) is 0 Å². The van der Waals surface area contributed by atoms with Crippen LogP contribution in [0.15, 0.2) is 24.3 Å². The molecule has 8 heteroatoms. The van der Waals surface area contributed by atoms with E-state index in [1.54, 1.807) is 0 Å². The SMILES string of the molecule is CC(C)N(CCOc1ccc(Nc2nc(N3CCCCCC3)nc(C=N)c2CN)cc1)C(C)C. The van der Waals surface area contributed by atoms with E-state index in [9.17, 15) is 0 Å². The molecule has 1 aromatic heterocycles. The van der Waals surface area contributed by atoms with E-state index >= 15 is 0 Å². The molecule has 1 saturated heterocycles. The summed E-state index contributed by atoms with van der Waals surface area (Å²) < 4.78 is 5.98. The molecular formula is C26H41N7O.